The predicted octanol–water partition coefficient (Wildman–Crippen LogP) is 6.02. The minimum absolute atomic E-state index is 0.301. The van der Waals surface area contributed by atoms with Crippen LogP contribution in [0.2, 0.25) is 0 Å². The number of nitrogens with zero attached hydrogens (tertiary/aromatic N) is 2. The topological polar surface area (TPSA) is 37.3 Å². The molecule has 146 valence electrons. The Bertz CT molecular complexity index is 695. The average molecular weight is 388 g/mol. The van der Waals surface area contributed by atoms with E-state index in [-0.39, 0.29) is 5.82 Å². The fourth-order valence-electron chi connectivity index (χ4n) is 2.36. The Morgan fingerprint density at radius 1 is 1.41 bits per heavy atom. The molecule has 1 heterocycles. The van der Waals surface area contributed by atoms with Gasteiger partial charge in [-0.15, -0.1) is 11.8 Å². The van der Waals surface area contributed by atoms with E-state index in [9.17, 15) is 4.39 Å². The van der Waals surface area contributed by atoms with E-state index >= 15 is 0 Å². The number of nitrogens with one attached hydrogen (secondary N) is 1. The van der Waals surface area contributed by atoms with E-state index < -0.39 is 0 Å². The van der Waals surface area contributed by atoms with Crippen molar-refractivity contribution in [3.8, 4) is 0 Å². The van der Waals surface area contributed by atoms with E-state index in [1.54, 1.807) is 24.0 Å². The van der Waals surface area contributed by atoms with E-state index in [0.717, 1.165) is 35.6 Å². The maximum absolute atomic E-state index is 14.0. The number of aliphatic imine (C=N–C) groups is 1. The van der Waals surface area contributed by atoms with Gasteiger partial charge in [-0.3, -0.25) is 4.99 Å². The van der Waals surface area contributed by atoms with E-state index in [2.05, 4.69) is 54.1 Å². The minimum atomic E-state index is -0.340. The molecule has 0 saturated carbocycles. The van der Waals surface area contributed by atoms with Crippen molar-refractivity contribution in [3.05, 3.63) is 78.0 Å². The van der Waals surface area contributed by atoms with E-state index in [1.165, 1.54) is 12.3 Å². The third-order valence-corrected chi connectivity index (χ3v) is 4.77. The van der Waals surface area contributed by atoms with Gasteiger partial charge in [-0.25, -0.2) is 9.37 Å². The SMILES string of the molecule is C=CN=Cc1ccc(F)c(CNC(=C)CC(/C=C/CCSC(=C)C)CC)n1. The molecule has 0 bridgehead atoms. The molecule has 3 nitrogen and oxygen atoms in total. The third-order valence-electron chi connectivity index (χ3n) is 3.83. The number of aromatic nitrogens is 1. The lowest BCUT2D eigenvalue weighted by molar-refractivity contribution is 0.563. The average Bonchev–Trinajstić information content (AvgIpc) is 2.64. The van der Waals surface area contributed by atoms with Gasteiger partial charge in [0.2, 0.25) is 0 Å². The molecule has 1 aromatic rings. The molecule has 0 aromatic carbocycles. The van der Waals surface area contributed by atoms with Crippen molar-refractivity contribution in [2.24, 2.45) is 10.9 Å². The van der Waals surface area contributed by atoms with Crippen LogP contribution in [0.4, 0.5) is 4.39 Å². The number of hydrogen-bond donors (Lipinski definition) is 1. The Labute approximate surface area is 167 Å². The zero-order valence-electron chi connectivity index (χ0n) is 16.4. The van der Waals surface area contributed by atoms with Crippen molar-refractivity contribution in [2.75, 3.05) is 5.75 Å². The largest absolute Gasteiger partial charge is 0.383 e. The van der Waals surface area contributed by atoms with Crippen molar-refractivity contribution in [3.63, 3.8) is 0 Å². The summed E-state index contributed by atoms with van der Waals surface area (Å²) >= 11 is 1.78. The third kappa shape index (κ3) is 9.94. The molecule has 27 heavy (non-hydrogen) atoms. The number of hydrogen-bond acceptors (Lipinski definition) is 4. The highest BCUT2D eigenvalue weighted by molar-refractivity contribution is 8.03. The van der Waals surface area contributed by atoms with Crippen LogP contribution in [0.25, 0.3) is 0 Å². The Kier molecular flexibility index (Phi) is 11.1. The van der Waals surface area contributed by atoms with Gasteiger partial charge in [0.05, 0.1) is 24.1 Å². The van der Waals surface area contributed by atoms with Crippen LogP contribution in [-0.2, 0) is 6.54 Å². The summed E-state index contributed by atoms with van der Waals surface area (Å²) in [5, 5.41) is 3.19. The highest BCUT2D eigenvalue weighted by atomic mass is 32.2. The summed E-state index contributed by atoms with van der Waals surface area (Å²) in [6, 6.07) is 2.99. The molecule has 1 rings (SSSR count). The van der Waals surface area contributed by atoms with Crippen LogP contribution in [0.1, 0.15) is 44.5 Å². The van der Waals surface area contributed by atoms with Crippen LogP contribution in [0.15, 0.2) is 65.8 Å². The Hall–Kier alpha value is -2.14. The van der Waals surface area contributed by atoms with Crippen molar-refractivity contribution >= 4 is 18.0 Å². The maximum Gasteiger partial charge on any atom is 0.146 e. The highest BCUT2D eigenvalue weighted by Gasteiger charge is 2.08. The lowest BCUT2D eigenvalue weighted by atomic mass is 10.00. The summed E-state index contributed by atoms with van der Waals surface area (Å²) in [5.74, 6) is 1.13. The van der Waals surface area contributed by atoms with Crippen LogP contribution in [0.5, 0.6) is 0 Å². The molecule has 0 saturated heterocycles. The quantitative estimate of drug-likeness (QED) is 0.256. The van der Waals surface area contributed by atoms with Gasteiger partial charge in [-0.1, -0.05) is 38.8 Å². The van der Waals surface area contributed by atoms with Gasteiger partial charge in [-0.2, -0.15) is 0 Å². The second-order valence-corrected chi connectivity index (χ2v) is 7.62. The van der Waals surface area contributed by atoms with Crippen LogP contribution in [-0.4, -0.2) is 17.0 Å². The smallest absolute Gasteiger partial charge is 0.146 e. The molecule has 1 N–H and O–H groups in total. The molecule has 0 aliphatic carbocycles. The lowest BCUT2D eigenvalue weighted by Gasteiger charge is -2.15. The molecule has 1 atom stereocenters. The molecule has 0 aliphatic rings. The molecule has 1 aromatic heterocycles. The van der Waals surface area contributed by atoms with Crippen LogP contribution in [0.3, 0.4) is 0 Å². The molecule has 0 aliphatic heterocycles. The number of rotatable bonds is 13. The van der Waals surface area contributed by atoms with Crippen molar-refractivity contribution in [2.45, 2.75) is 39.7 Å². The maximum atomic E-state index is 14.0. The monoisotopic (exact) mass is 387 g/mol. The fourth-order valence-corrected chi connectivity index (χ4v) is 2.96. The van der Waals surface area contributed by atoms with Crippen molar-refractivity contribution in [1.29, 1.82) is 0 Å². The van der Waals surface area contributed by atoms with Crippen LogP contribution in [0, 0.1) is 11.7 Å². The number of allylic oxidation sites excluding steroid dienone is 4. The van der Waals surface area contributed by atoms with Gasteiger partial charge in [-0.05, 0) is 49.1 Å². The van der Waals surface area contributed by atoms with Gasteiger partial charge in [0.15, 0.2) is 0 Å². The molecule has 1 unspecified atom stereocenters. The summed E-state index contributed by atoms with van der Waals surface area (Å²) in [7, 11) is 0. The molecular formula is C22H30FN3S. The second-order valence-electron chi connectivity index (χ2n) is 6.22. The number of pyridine rings is 1. The first kappa shape index (κ1) is 22.9. The normalized spacial score (nSPS) is 12.4. The van der Waals surface area contributed by atoms with Gasteiger partial charge in [0, 0.05) is 17.6 Å². The van der Waals surface area contributed by atoms with Crippen LogP contribution < -0.4 is 5.32 Å². The summed E-state index contributed by atoms with van der Waals surface area (Å²) in [6.45, 7) is 16.0. The van der Waals surface area contributed by atoms with Crippen molar-refractivity contribution < 1.29 is 4.39 Å². The molecular weight excluding hydrogens is 357 g/mol. The molecule has 5 heteroatoms. The number of halogens is 1. The zero-order valence-corrected chi connectivity index (χ0v) is 17.2. The van der Waals surface area contributed by atoms with Gasteiger partial charge in [0.25, 0.3) is 0 Å². The summed E-state index contributed by atoms with van der Waals surface area (Å²) in [6.07, 6.45) is 10.3. The predicted molar refractivity (Wildman–Crippen MR) is 117 cm³/mol. The summed E-state index contributed by atoms with van der Waals surface area (Å²) in [4.78, 5) is 9.32. The lowest BCUT2D eigenvalue weighted by Crippen LogP contribution is -2.16. The molecule has 0 radical (unpaired) electrons. The zero-order chi connectivity index (χ0) is 20.1. The van der Waals surface area contributed by atoms with E-state index in [0.29, 0.717) is 23.9 Å². The summed E-state index contributed by atoms with van der Waals surface area (Å²) in [5.41, 5.74) is 1.83. The highest BCUT2D eigenvalue weighted by Crippen LogP contribution is 2.17. The van der Waals surface area contributed by atoms with Gasteiger partial charge < -0.3 is 5.32 Å². The van der Waals surface area contributed by atoms with Crippen LogP contribution >= 0.6 is 11.8 Å². The second kappa shape index (κ2) is 13.1. The Balaban J connectivity index is 2.51. The van der Waals surface area contributed by atoms with Gasteiger partial charge in [0.1, 0.15) is 5.82 Å². The molecule has 0 fully saturated rings. The molecule has 0 amide bonds. The standard InChI is InChI=1S/C22H30FN3S/c1-6-19(10-8-9-13-27-17(3)4)14-18(5)25-16-22-21(23)12-11-20(26-22)15-24-7-2/h7-8,10-12,15,19,25H,2-3,5-6,9,13-14,16H2,1,4H3/b10-8+,24-15?. The summed E-state index contributed by atoms with van der Waals surface area (Å²) < 4.78 is 14.0. The fraction of sp³-hybridized carbons (Fsp3) is 0.364. The first-order valence-electron chi connectivity index (χ1n) is 9.12. The van der Waals surface area contributed by atoms with E-state index in [4.69, 9.17) is 0 Å². The molecule has 0 spiro atoms. The number of thioether (sulfide) groups is 1. The first-order chi connectivity index (χ1) is 13.0. The van der Waals surface area contributed by atoms with Gasteiger partial charge >= 0.3 is 0 Å². The minimum Gasteiger partial charge on any atom is -0.383 e. The van der Waals surface area contributed by atoms with E-state index in [1.807, 2.05) is 6.92 Å². The Morgan fingerprint density at radius 3 is 2.85 bits per heavy atom. The van der Waals surface area contributed by atoms with Crippen molar-refractivity contribution in [1.82, 2.24) is 10.3 Å². The first-order valence-corrected chi connectivity index (χ1v) is 10.1. The Morgan fingerprint density at radius 2 is 2.19 bits per heavy atom.